The monoisotopic (exact) mass is 466 g/mol. The van der Waals surface area contributed by atoms with Crippen LogP contribution in [0.3, 0.4) is 0 Å². The van der Waals surface area contributed by atoms with Gasteiger partial charge in [0.05, 0.1) is 26.0 Å². The van der Waals surface area contributed by atoms with Crippen molar-refractivity contribution in [3.8, 4) is 11.5 Å². The Bertz CT molecular complexity index is 1110. The fourth-order valence-corrected chi connectivity index (χ4v) is 4.27. The lowest BCUT2D eigenvalue weighted by Gasteiger charge is -2.11. The maximum absolute atomic E-state index is 12.3. The Labute approximate surface area is 173 Å². The highest BCUT2D eigenvalue weighted by molar-refractivity contribution is 9.10. The molecule has 0 aliphatic heterocycles. The van der Waals surface area contributed by atoms with E-state index in [0.717, 1.165) is 10.4 Å². The summed E-state index contributed by atoms with van der Waals surface area (Å²) >= 11 is 4.87. The van der Waals surface area contributed by atoms with Gasteiger partial charge in [0.15, 0.2) is 11.5 Å². The molecule has 0 atom stereocenters. The molecule has 3 aromatic rings. The lowest BCUT2D eigenvalue weighted by atomic mass is 10.1. The zero-order valence-corrected chi connectivity index (χ0v) is 18.2. The highest BCUT2D eigenvalue weighted by Crippen LogP contribution is 2.33. The molecule has 0 saturated carbocycles. The molecule has 148 valence electrons. The minimum atomic E-state index is -0.450. The van der Waals surface area contributed by atoms with Gasteiger partial charge in [0.25, 0.3) is 5.56 Å². The number of hydrogen-bond donors (Lipinski definition) is 1. The van der Waals surface area contributed by atoms with Gasteiger partial charge in [-0.2, -0.15) is 0 Å². The lowest BCUT2D eigenvalue weighted by Crippen LogP contribution is -2.15. The number of aromatic nitrogens is 2. The van der Waals surface area contributed by atoms with Gasteiger partial charge < -0.3 is 19.2 Å². The first-order chi connectivity index (χ1) is 13.3. The number of halogens is 1. The van der Waals surface area contributed by atoms with E-state index < -0.39 is 5.97 Å². The molecular weight excluding hydrogens is 448 g/mol. The van der Waals surface area contributed by atoms with Gasteiger partial charge in [0, 0.05) is 9.35 Å². The van der Waals surface area contributed by atoms with E-state index in [9.17, 15) is 9.59 Å². The van der Waals surface area contributed by atoms with Crippen LogP contribution in [0.5, 0.6) is 11.5 Å². The number of carbonyl (C=O) groups is 1. The van der Waals surface area contributed by atoms with Crippen LogP contribution >= 0.6 is 27.3 Å². The normalized spacial score (nSPS) is 10.9. The molecule has 0 bridgehead atoms. The molecule has 3 rings (SSSR count). The predicted octanol–water partition coefficient (Wildman–Crippen LogP) is 3.67. The molecule has 1 N–H and O–H groups in total. The maximum atomic E-state index is 12.3. The smallest absolute Gasteiger partial charge is 0.310 e. The number of benzene rings is 1. The van der Waals surface area contributed by atoms with Gasteiger partial charge in [-0.05, 0) is 37.1 Å². The van der Waals surface area contributed by atoms with Crippen molar-refractivity contribution in [2.45, 2.75) is 26.9 Å². The van der Waals surface area contributed by atoms with E-state index >= 15 is 0 Å². The van der Waals surface area contributed by atoms with Crippen molar-refractivity contribution in [3.63, 3.8) is 0 Å². The van der Waals surface area contributed by atoms with E-state index in [-0.39, 0.29) is 18.6 Å². The summed E-state index contributed by atoms with van der Waals surface area (Å²) in [5.74, 6) is 0.948. The number of methoxy groups -OCH3 is 2. The Morgan fingerprint density at radius 3 is 2.57 bits per heavy atom. The molecule has 7 nitrogen and oxygen atoms in total. The van der Waals surface area contributed by atoms with Gasteiger partial charge in [0.1, 0.15) is 17.3 Å². The number of hydrogen-bond acceptors (Lipinski definition) is 7. The third-order valence-electron chi connectivity index (χ3n) is 4.35. The van der Waals surface area contributed by atoms with Crippen LogP contribution in [0.15, 0.2) is 21.4 Å². The summed E-state index contributed by atoms with van der Waals surface area (Å²) in [5.41, 5.74) is 1.40. The summed E-state index contributed by atoms with van der Waals surface area (Å²) in [7, 11) is 3.07. The molecule has 0 saturated heterocycles. The first-order valence-electron chi connectivity index (χ1n) is 8.39. The molecule has 0 unspecified atom stereocenters. The van der Waals surface area contributed by atoms with Crippen molar-refractivity contribution in [2.24, 2.45) is 0 Å². The van der Waals surface area contributed by atoms with Crippen LogP contribution in [0.25, 0.3) is 10.2 Å². The molecule has 0 aliphatic rings. The molecular formula is C19H19BrN2O5S. The summed E-state index contributed by atoms with van der Waals surface area (Å²) in [6, 6.07) is 3.45. The third kappa shape index (κ3) is 4.05. The average Bonchev–Trinajstić information content (AvgIpc) is 2.95. The molecule has 0 spiro atoms. The Morgan fingerprint density at radius 1 is 1.21 bits per heavy atom. The van der Waals surface area contributed by atoms with Crippen LogP contribution in [0.4, 0.5) is 0 Å². The van der Waals surface area contributed by atoms with E-state index in [1.54, 1.807) is 19.2 Å². The Balaban J connectivity index is 1.73. The molecule has 1 aromatic carbocycles. The summed E-state index contributed by atoms with van der Waals surface area (Å²) in [4.78, 5) is 33.3. The fourth-order valence-electron chi connectivity index (χ4n) is 2.75. The molecule has 2 heterocycles. The number of nitrogens with one attached hydrogen (secondary N) is 1. The molecule has 0 fully saturated rings. The molecule has 0 amide bonds. The van der Waals surface area contributed by atoms with Gasteiger partial charge in [0.2, 0.25) is 0 Å². The zero-order valence-electron chi connectivity index (χ0n) is 15.8. The standard InChI is InChI=1S/C19H19BrN2O5S/c1-9-10(2)28-19-17(9)18(24)21-15(22-19)8-27-16(23)6-11-5-13(25-3)14(26-4)7-12(11)20/h5,7H,6,8H2,1-4H3,(H,21,22,24). The second-order valence-electron chi connectivity index (χ2n) is 6.11. The SMILES string of the molecule is COc1cc(Br)c(CC(=O)OCc2nc3sc(C)c(C)c3c(=O)[nH]2)cc1OC. The summed E-state index contributed by atoms with van der Waals surface area (Å²) in [6.07, 6.45) is 0.0324. The van der Waals surface area contributed by atoms with Crippen molar-refractivity contribution >= 4 is 43.5 Å². The van der Waals surface area contributed by atoms with Crippen LogP contribution in [0.2, 0.25) is 0 Å². The van der Waals surface area contributed by atoms with Crippen molar-refractivity contribution in [2.75, 3.05) is 14.2 Å². The van der Waals surface area contributed by atoms with Gasteiger partial charge in [-0.1, -0.05) is 15.9 Å². The zero-order chi connectivity index (χ0) is 20.4. The number of thiophene rings is 1. The number of nitrogens with zero attached hydrogens (tertiary/aromatic N) is 1. The van der Waals surface area contributed by atoms with Crippen molar-refractivity contribution < 1.29 is 19.0 Å². The van der Waals surface area contributed by atoms with Crippen molar-refractivity contribution in [1.29, 1.82) is 0 Å². The largest absolute Gasteiger partial charge is 0.493 e. The highest BCUT2D eigenvalue weighted by Gasteiger charge is 2.15. The second kappa shape index (κ2) is 8.32. The lowest BCUT2D eigenvalue weighted by molar-refractivity contribution is -0.144. The highest BCUT2D eigenvalue weighted by atomic mass is 79.9. The number of ether oxygens (including phenoxy) is 3. The minimum Gasteiger partial charge on any atom is -0.493 e. The van der Waals surface area contributed by atoms with Gasteiger partial charge in [-0.3, -0.25) is 9.59 Å². The Kier molecular flexibility index (Phi) is 6.04. The number of esters is 1. The van der Waals surface area contributed by atoms with Crippen LogP contribution in [0.1, 0.15) is 21.8 Å². The predicted molar refractivity (Wildman–Crippen MR) is 110 cm³/mol. The van der Waals surface area contributed by atoms with Crippen molar-refractivity contribution in [3.05, 3.63) is 48.8 Å². The summed E-state index contributed by atoms with van der Waals surface area (Å²) < 4.78 is 16.5. The molecule has 0 aliphatic carbocycles. The van der Waals surface area contributed by atoms with Crippen LogP contribution in [-0.2, 0) is 22.6 Å². The van der Waals surface area contributed by atoms with Gasteiger partial charge in [-0.15, -0.1) is 11.3 Å². The number of H-pyrrole nitrogens is 1. The number of carbonyl (C=O) groups excluding carboxylic acids is 1. The van der Waals surface area contributed by atoms with E-state index in [1.807, 2.05) is 13.8 Å². The van der Waals surface area contributed by atoms with E-state index in [2.05, 4.69) is 25.9 Å². The molecule has 28 heavy (non-hydrogen) atoms. The molecule has 2 aromatic heterocycles. The van der Waals surface area contributed by atoms with Crippen LogP contribution in [0, 0.1) is 13.8 Å². The minimum absolute atomic E-state index is 0.0324. The summed E-state index contributed by atoms with van der Waals surface area (Å²) in [5, 5.41) is 0.590. The van der Waals surface area contributed by atoms with Crippen LogP contribution < -0.4 is 15.0 Å². The first-order valence-corrected chi connectivity index (χ1v) is 10.00. The number of aromatic amines is 1. The van der Waals surface area contributed by atoms with E-state index in [4.69, 9.17) is 14.2 Å². The Morgan fingerprint density at radius 2 is 1.89 bits per heavy atom. The third-order valence-corrected chi connectivity index (χ3v) is 6.18. The average molecular weight is 467 g/mol. The number of fused-ring (bicyclic) bond motifs is 1. The molecule has 0 radical (unpaired) electrons. The number of rotatable bonds is 6. The Hall–Kier alpha value is -2.39. The summed E-state index contributed by atoms with van der Waals surface area (Å²) in [6.45, 7) is 3.73. The van der Waals surface area contributed by atoms with E-state index in [0.29, 0.717) is 37.6 Å². The number of aryl methyl sites for hydroxylation is 2. The van der Waals surface area contributed by atoms with E-state index in [1.165, 1.54) is 18.4 Å². The fraction of sp³-hybridized carbons (Fsp3) is 0.316. The maximum Gasteiger partial charge on any atom is 0.310 e. The topological polar surface area (TPSA) is 90.5 Å². The first kappa shape index (κ1) is 20.3. The van der Waals surface area contributed by atoms with Gasteiger partial charge in [-0.25, -0.2) is 4.98 Å². The second-order valence-corrected chi connectivity index (χ2v) is 8.17. The quantitative estimate of drug-likeness (QED) is 0.557. The van der Waals surface area contributed by atoms with Crippen LogP contribution in [-0.4, -0.2) is 30.2 Å². The van der Waals surface area contributed by atoms with Gasteiger partial charge >= 0.3 is 5.97 Å². The van der Waals surface area contributed by atoms with Crippen molar-refractivity contribution in [1.82, 2.24) is 9.97 Å². The molecule has 9 heteroatoms.